The number of amides is 1. The molecule has 1 saturated heterocycles. The van der Waals surface area contributed by atoms with E-state index in [0.717, 1.165) is 0 Å². The second-order valence-electron chi connectivity index (χ2n) is 7.18. The average Bonchev–Trinajstić information content (AvgIpc) is 3.34. The topological polar surface area (TPSA) is 89.3 Å². The Balaban J connectivity index is 1.46. The Labute approximate surface area is 167 Å². The number of carbonyl (C=O) groups is 1. The molecule has 3 heterocycles. The van der Waals surface area contributed by atoms with Crippen molar-refractivity contribution in [3.63, 3.8) is 0 Å². The van der Waals surface area contributed by atoms with Gasteiger partial charge in [0.05, 0.1) is 16.2 Å². The fraction of sp³-hybridized carbons (Fsp3) is 0.421. The van der Waals surface area contributed by atoms with Crippen LogP contribution >= 0.6 is 11.8 Å². The van der Waals surface area contributed by atoms with Crippen molar-refractivity contribution >= 4 is 27.5 Å². The van der Waals surface area contributed by atoms with Crippen LogP contribution in [0.2, 0.25) is 0 Å². The average molecular weight is 420 g/mol. The van der Waals surface area contributed by atoms with E-state index in [-0.39, 0.29) is 30.5 Å². The summed E-state index contributed by atoms with van der Waals surface area (Å²) in [7, 11) is -3.46. The number of hydrogen-bond acceptors (Lipinski definition) is 6. The molecule has 1 amide bonds. The van der Waals surface area contributed by atoms with Gasteiger partial charge in [-0.2, -0.15) is 0 Å². The van der Waals surface area contributed by atoms with E-state index in [1.165, 1.54) is 11.8 Å². The Kier molecular flexibility index (Phi) is 5.05. The van der Waals surface area contributed by atoms with Crippen LogP contribution in [-0.2, 0) is 14.6 Å². The molecule has 2 unspecified atom stereocenters. The van der Waals surface area contributed by atoms with Crippen LogP contribution in [0.25, 0.3) is 0 Å². The van der Waals surface area contributed by atoms with Crippen molar-refractivity contribution in [2.75, 3.05) is 18.8 Å². The standard InChI is InChI=1S/C19H21N3O4S2/c1-13-10-20-19-22(18(13)24)14(12-27-19)9-17(23)21-8-7-16(11-21)28(25,26)15-5-3-2-4-6-15/h2-6,10,14,16H,7-9,11-12H2,1H3. The van der Waals surface area contributed by atoms with E-state index in [1.807, 2.05) is 0 Å². The number of likely N-dealkylation sites (tertiary alicyclic amines) is 1. The molecule has 9 heteroatoms. The van der Waals surface area contributed by atoms with E-state index >= 15 is 0 Å². The Morgan fingerprint density at radius 3 is 2.79 bits per heavy atom. The number of carbonyl (C=O) groups excluding carboxylic acids is 1. The number of hydrogen-bond donors (Lipinski definition) is 0. The second-order valence-corrected chi connectivity index (χ2v) is 10.4. The normalized spacial score (nSPS) is 21.7. The summed E-state index contributed by atoms with van der Waals surface area (Å²) < 4.78 is 27.2. The Morgan fingerprint density at radius 2 is 2.04 bits per heavy atom. The van der Waals surface area contributed by atoms with Gasteiger partial charge in [-0.25, -0.2) is 13.4 Å². The van der Waals surface area contributed by atoms with Gasteiger partial charge < -0.3 is 4.90 Å². The first-order chi connectivity index (χ1) is 13.4. The second kappa shape index (κ2) is 7.36. The van der Waals surface area contributed by atoms with Crippen LogP contribution in [0, 0.1) is 6.92 Å². The summed E-state index contributed by atoms with van der Waals surface area (Å²) in [5.41, 5.74) is 0.442. The molecular formula is C19H21N3O4S2. The summed E-state index contributed by atoms with van der Waals surface area (Å²) in [6.07, 6.45) is 2.17. The van der Waals surface area contributed by atoms with Gasteiger partial charge >= 0.3 is 0 Å². The molecule has 2 aromatic rings. The minimum atomic E-state index is -3.46. The lowest BCUT2D eigenvalue weighted by Crippen LogP contribution is -2.35. The summed E-state index contributed by atoms with van der Waals surface area (Å²) in [4.78, 5) is 31.4. The maximum Gasteiger partial charge on any atom is 0.257 e. The molecule has 0 spiro atoms. The zero-order chi connectivity index (χ0) is 19.9. The summed E-state index contributed by atoms with van der Waals surface area (Å²) in [5, 5.41) is 0.0510. The monoisotopic (exact) mass is 419 g/mol. The molecule has 4 rings (SSSR count). The van der Waals surface area contributed by atoms with Gasteiger partial charge in [0.15, 0.2) is 15.0 Å². The lowest BCUT2D eigenvalue weighted by Gasteiger charge is -2.20. The lowest BCUT2D eigenvalue weighted by atomic mass is 10.2. The maximum atomic E-state index is 12.8. The molecule has 2 atom stereocenters. The molecule has 28 heavy (non-hydrogen) atoms. The molecule has 1 aromatic carbocycles. The van der Waals surface area contributed by atoms with Crippen molar-refractivity contribution in [1.82, 2.24) is 14.5 Å². The van der Waals surface area contributed by atoms with Crippen LogP contribution in [0.3, 0.4) is 0 Å². The van der Waals surface area contributed by atoms with E-state index in [0.29, 0.717) is 34.3 Å². The minimum Gasteiger partial charge on any atom is -0.341 e. The van der Waals surface area contributed by atoms with Crippen molar-refractivity contribution in [1.29, 1.82) is 0 Å². The highest BCUT2D eigenvalue weighted by molar-refractivity contribution is 7.99. The molecule has 0 N–H and O–H groups in total. The van der Waals surface area contributed by atoms with Gasteiger partial charge in [0, 0.05) is 37.0 Å². The van der Waals surface area contributed by atoms with E-state index in [9.17, 15) is 18.0 Å². The number of rotatable bonds is 4. The molecule has 148 valence electrons. The highest BCUT2D eigenvalue weighted by Crippen LogP contribution is 2.33. The lowest BCUT2D eigenvalue weighted by molar-refractivity contribution is -0.130. The zero-order valence-electron chi connectivity index (χ0n) is 15.4. The van der Waals surface area contributed by atoms with Crippen LogP contribution in [-0.4, -0.2) is 52.9 Å². The van der Waals surface area contributed by atoms with Crippen molar-refractivity contribution in [3.05, 3.63) is 52.4 Å². The highest BCUT2D eigenvalue weighted by Gasteiger charge is 2.37. The van der Waals surface area contributed by atoms with Crippen LogP contribution < -0.4 is 5.56 Å². The summed E-state index contributed by atoms with van der Waals surface area (Å²) in [6.45, 7) is 2.33. The predicted octanol–water partition coefficient (Wildman–Crippen LogP) is 1.66. The number of aryl methyl sites for hydroxylation is 1. The molecule has 1 fully saturated rings. The third-order valence-electron chi connectivity index (χ3n) is 5.32. The van der Waals surface area contributed by atoms with E-state index in [1.54, 1.807) is 52.9 Å². The first-order valence-electron chi connectivity index (χ1n) is 9.15. The molecule has 2 aliphatic heterocycles. The first-order valence-corrected chi connectivity index (χ1v) is 11.7. The molecule has 0 aliphatic carbocycles. The van der Waals surface area contributed by atoms with Crippen molar-refractivity contribution in [2.24, 2.45) is 0 Å². The Hall–Kier alpha value is -2.13. The molecule has 0 saturated carbocycles. The Morgan fingerprint density at radius 1 is 1.29 bits per heavy atom. The molecule has 7 nitrogen and oxygen atoms in total. The SMILES string of the molecule is Cc1cnc2n(c1=O)C(CC(=O)N1CCC(S(=O)(=O)c3ccccc3)C1)CS2. The van der Waals surface area contributed by atoms with Crippen molar-refractivity contribution in [3.8, 4) is 0 Å². The molecule has 2 aliphatic rings. The summed E-state index contributed by atoms with van der Waals surface area (Å²) in [5.74, 6) is 0.509. The number of nitrogens with zero attached hydrogens (tertiary/aromatic N) is 3. The number of sulfone groups is 1. The van der Waals surface area contributed by atoms with E-state index in [4.69, 9.17) is 0 Å². The molecule has 1 aromatic heterocycles. The third-order valence-corrected chi connectivity index (χ3v) is 8.62. The molecule has 0 bridgehead atoms. The van der Waals surface area contributed by atoms with Gasteiger partial charge in [0.2, 0.25) is 5.91 Å². The highest BCUT2D eigenvalue weighted by atomic mass is 32.2. The smallest absolute Gasteiger partial charge is 0.257 e. The number of benzene rings is 1. The molecular weight excluding hydrogens is 398 g/mol. The quantitative estimate of drug-likeness (QED) is 0.701. The number of fused-ring (bicyclic) bond motifs is 1. The maximum absolute atomic E-state index is 12.8. The first kappa shape index (κ1) is 19.2. The van der Waals surface area contributed by atoms with Gasteiger partial charge in [-0.15, -0.1) is 0 Å². The predicted molar refractivity (Wildman–Crippen MR) is 106 cm³/mol. The number of aromatic nitrogens is 2. The van der Waals surface area contributed by atoms with Crippen molar-refractivity contribution < 1.29 is 13.2 Å². The summed E-state index contributed by atoms with van der Waals surface area (Å²) in [6, 6.07) is 8.13. The van der Waals surface area contributed by atoms with Crippen LogP contribution in [0.5, 0.6) is 0 Å². The third kappa shape index (κ3) is 3.37. The van der Waals surface area contributed by atoms with Crippen molar-refractivity contribution in [2.45, 2.75) is 41.1 Å². The largest absolute Gasteiger partial charge is 0.341 e. The number of thioether (sulfide) groups is 1. The van der Waals surface area contributed by atoms with Gasteiger partial charge in [-0.1, -0.05) is 30.0 Å². The van der Waals surface area contributed by atoms with Gasteiger partial charge in [-0.3, -0.25) is 14.2 Å². The van der Waals surface area contributed by atoms with Gasteiger partial charge in [0.1, 0.15) is 0 Å². The minimum absolute atomic E-state index is 0.112. The van der Waals surface area contributed by atoms with E-state index < -0.39 is 15.1 Å². The van der Waals surface area contributed by atoms with E-state index in [2.05, 4.69) is 4.98 Å². The van der Waals surface area contributed by atoms with Crippen LogP contribution in [0.1, 0.15) is 24.4 Å². The summed E-state index contributed by atoms with van der Waals surface area (Å²) >= 11 is 1.47. The van der Waals surface area contributed by atoms with Gasteiger partial charge in [0.25, 0.3) is 5.56 Å². The van der Waals surface area contributed by atoms with Crippen LogP contribution in [0.4, 0.5) is 0 Å². The Bertz CT molecular complexity index is 1070. The van der Waals surface area contributed by atoms with Crippen LogP contribution in [0.15, 0.2) is 51.4 Å². The zero-order valence-corrected chi connectivity index (χ0v) is 17.1. The fourth-order valence-electron chi connectivity index (χ4n) is 3.71. The molecule has 0 radical (unpaired) electrons. The van der Waals surface area contributed by atoms with Gasteiger partial charge in [-0.05, 0) is 25.5 Å². The fourth-order valence-corrected chi connectivity index (χ4v) is 6.53.